The average Bonchev–Trinajstić information content (AvgIpc) is 2.29. The molecule has 0 bridgehead atoms. The van der Waals surface area contributed by atoms with E-state index in [9.17, 15) is 0 Å². The lowest BCUT2D eigenvalue weighted by atomic mass is 9.84. The number of nitrogens with one attached hydrogen (secondary N) is 1. The van der Waals surface area contributed by atoms with Gasteiger partial charge < -0.3 is 15.0 Å². The number of hydrogen-bond acceptors (Lipinski definition) is 3. The smallest absolute Gasteiger partial charge is 0.0615 e. The molecule has 0 aliphatic carbocycles. The van der Waals surface area contributed by atoms with Gasteiger partial charge in [-0.25, -0.2) is 0 Å². The number of hydrogen-bond donors (Lipinski definition) is 1. The quantitative estimate of drug-likeness (QED) is 0.577. The van der Waals surface area contributed by atoms with Gasteiger partial charge in [0.25, 0.3) is 0 Å². The van der Waals surface area contributed by atoms with Crippen molar-refractivity contribution in [3.63, 3.8) is 0 Å². The zero-order chi connectivity index (χ0) is 14.0. The lowest BCUT2D eigenvalue weighted by Crippen LogP contribution is -2.45. The monoisotopic (exact) mass is 258 g/mol. The highest BCUT2D eigenvalue weighted by molar-refractivity contribution is 4.81. The topological polar surface area (TPSA) is 24.5 Å². The fourth-order valence-electron chi connectivity index (χ4n) is 2.52. The molecule has 1 N–H and O–H groups in total. The molecular formula is C15H34N2O. The third-order valence-electron chi connectivity index (χ3n) is 3.62. The Kier molecular flexibility index (Phi) is 9.70. The number of methoxy groups -OCH3 is 1. The van der Waals surface area contributed by atoms with E-state index >= 15 is 0 Å². The largest absolute Gasteiger partial charge is 0.383 e. The van der Waals surface area contributed by atoms with Crippen LogP contribution in [0.1, 0.15) is 47.0 Å². The Morgan fingerprint density at radius 3 is 2.44 bits per heavy atom. The van der Waals surface area contributed by atoms with Crippen molar-refractivity contribution in [2.24, 2.45) is 5.41 Å². The first kappa shape index (κ1) is 17.9. The molecule has 3 heteroatoms. The summed E-state index contributed by atoms with van der Waals surface area (Å²) in [4.78, 5) is 2.42. The van der Waals surface area contributed by atoms with E-state index in [0.29, 0.717) is 11.5 Å². The highest BCUT2D eigenvalue weighted by Crippen LogP contribution is 2.24. The molecule has 0 aromatic carbocycles. The SMILES string of the molecule is CCCNCC(C)(CCC)CN(C)C(C)COC. The van der Waals surface area contributed by atoms with Crippen LogP contribution in [0.25, 0.3) is 0 Å². The molecule has 0 aliphatic heterocycles. The summed E-state index contributed by atoms with van der Waals surface area (Å²) in [6, 6.07) is 0.484. The molecule has 0 spiro atoms. The second-order valence-electron chi connectivity index (χ2n) is 5.96. The standard InChI is InChI=1S/C15H34N2O/c1-7-9-15(4,12-16-10-8-2)13-17(5)14(3)11-18-6/h14,16H,7-13H2,1-6H3. The third-order valence-corrected chi connectivity index (χ3v) is 3.62. The van der Waals surface area contributed by atoms with Crippen LogP contribution in [-0.4, -0.2) is 51.3 Å². The van der Waals surface area contributed by atoms with Crippen LogP contribution in [0.15, 0.2) is 0 Å². The van der Waals surface area contributed by atoms with Gasteiger partial charge >= 0.3 is 0 Å². The van der Waals surface area contributed by atoms with Gasteiger partial charge in [-0.3, -0.25) is 0 Å². The van der Waals surface area contributed by atoms with Gasteiger partial charge in [0.05, 0.1) is 6.61 Å². The molecule has 2 unspecified atom stereocenters. The van der Waals surface area contributed by atoms with Crippen LogP contribution in [-0.2, 0) is 4.74 Å². The Labute approximate surface area is 114 Å². The summed E-state index contributed by atoms with van der Waals surface area (Å²) >= 11 is 0. The molecule has 0 aliphatic rings. The summed E-state index contributed by atoms with van der Waals surface area (Å²) < 4.78 is 5.24. The number of rotatable bonds is 11. The molecule has 0 saturated heterocycles. The van der Waals surface area contributed by atoms with Gasteiger partial charge in [0, 0.05) is 26.2 Å². The second-order valence-corrected chi connectivity index (χ2v) is 5.96. The molecule has 0 fully saturated rings. The van der Waals surface area contributed by atoms with Crippen LogP contribution in [0.3, 0.4) is 0 Å². The summed E-state index contributed by atoms with van der Waals surface area (Å²) in [6.45, 7) is 13.3. The maximum atomic E-state index is 5.24. The molecule has 0 amide bonds. The lowest BCUT2D eigenvalue weighted by Gasteiger charge is -2.36. The van der Waals surface area contributed by atoms with E-state index < -0.39 is 0 Å². The Morgan fingerprint density at radius 1 is 1.28 bits per heavy atom. The van der Waals surface area contributed by atoms with Gasteiger partial charge in [-0.15, -0.1) is 0 Å². The number of likely N-dealkylation sites (N-methyl/N-ethyl adjacent to an activating group) is 1. The van der Waals surface area contributed by atoms with E-state index in [1.54, 1.807) is 7.11 Å². The van der Waals surface area contributed by atoms with Crippen LogP contribution in [0.2, 0.25) is 0 Å². The first-order valence-electron chi connectivity index (χ1n) is 7.39. The van der Waals surface area contributed by atoms with E-state index in [1.807, 2.05) is 0 Å². The van der Waals surface area contributed by atoms with E-state index in [1.165, 1.54) is 19.3 Å². The fraction of sp³-hybridized carbons (Fsp3) is 1.00. The van der Waals surface area contributed by atoms with E-state index in [-0.39, 0.29) is 0 Å². The van der Waals surface area contributed by atoms with Gasteiger partial charge in [-0.05, 0) is 38.8 Å². The van der Waals surface area contributed by atoms with Crippen molar-refractivity contribution in [1.82, 2.24) is 10.2 Å². The summed E-state index contributed by atoms with van der Waals surface area (Å²) in [5.74, 6) is 0. The molecule has 0 aromatic rings. The maximum absolute atomic E-state index is 5.24. The van der Waals surface area contributed by atoms with Crippen molar-refractivity contribution >= 4 is 0 Å². The van der Waals surface area contributed by atoms with Gasteiger partial charge in [0.15, 0.2) is 0 Å². The molecule has 0 aromatic heterocycles. The Hall–Kier alpha value is -0.120. The van der Waals surface area contributed by atoms with Crippen molar-refractivity contribution in [1.29, 1.82) is 0 Å². The van der Waals surface area contributed by atoms with E-state index in [2.05, 4.69) is 45.0 Å². The minimum atomic E-state index is 0.362. The van der Waals surface area contributed by atoms with Crippen molar-refractivity contribution < 1.29 is 4.74 Å². The van der Waals surface area contributed by atoms with Gasteiger partial charge in [-0.1, -0.05) is 27.2 Å². The first-order chi connectivity index (χ1) is 8.49. The molecule has 110 valence electrons. The summed E-state index contributed by atoms with van der Waals surface area (Å²) in [7, 11) is 3.98. The highest BCUT2D eigenvalue weighted by atomic mass is 16.5. The molecular weight excluding hydrogens is 224 g/mol. The normalized spacial score (nSPS) is 16.8. The highest BCUT2D eigenvalue weighted by Gasteiger charge is 2.26. The van der Waals surface area contributed by atoms with Crippen LogP contribution in [0.4, 0.5) is 0 Å². The lowest BCUT2D eigenvalue weighted by molar-refractivity contribution is 0.0818. The van der Waals surface area contributed by atoms with Crippen LogP contribution in [0.5, 0.6) is 0 Å². The number of ether oxygens (including phenoxy) is 1. The Bertz CT molecular complexity index is 199. The molecule has 0 radical (unpaired) electrons. The van der Waals surface area contributed by atoms with Crippen molar-refractivity contribution in [3.05, 3.63) is 0 Å². The van der Waals surface area contributed by atoms with E-state index in [4.69, 9.17) is 4.74 Å². The molecule has 18 heavy (non-hydrogen) atoms. The first-order valence-corrected chi connectivity index (χ1v) is 7.39. The van der Waals surface area contributed by atoms with Crippen LogP contribution in [0, 0.1) is 5.41 Å². The minimum absolute atomic E-state index is 0.362. The van der Waals surface area contributed by atoms with Crippen LogP contribution < -0.4 is 5.32 Å². The Morgan fingerprint density at radius 2 is 1.94 bits per heavy atom. The average molecular weight is 258 g/mol. The second kappa shape index (κ2) is 9.76. The van der Waals surface area contributed by atoms with Gasteiger partial charge in [-0.2, -0.15) is 0 Å². The maximum Gasteiger partial charge on any atom is 0.0615 e. The fourth-order valence-corrected chi connectivity index (χ4v) is 2.52. The van der Waals surface area contributed by atoms with Gasteiger partial charge in [0.2, 0.25) is 0 Å². The summed E-state index contributed by atoms with van der Waals surface area (Å²) in [6.07, 6.45) is 3.72. The third kappa shape index (κ3) is 7.34. The van der Waals surface area contributed by atoms with Crippen molar-refractivity contribution in [2.45, 2.75) is 53.0 Å². The predicted octanol–water partition coefficient (Wildman–Crippen LogP) is 2.76. The molecule has 0 heterocycles. The van der Waals surface area contributed by atoms with Crippen molar-refractivity contribution in [3.8, 4) is 0 Å². The zero-order valence-corrected chi connectivity index (χ0v) is 13.4. The molecule has 3 nitrogen and oxygen atoms in total. The van der Waals surface area contributed by atoms with E-state index in [0.717, 1.165) is 26.2 Å². The van der Waals surface area contributed by atoms with Crippen molar-refractivity contribution in [2.75, 3.05) is 40.4 Å². The number of nitrogens with zero attached hydrogens (tertiary/aromatic N) is 1. The summed E-state index contributed by atoms with van der Waals surface area (Å²) in [5.41, 5.74) is 0.362. The summed E-state index contributed by atoms with van der Waals surface area (Å²) in [5, 5.41) is 3.58. The molecule has 0 rings (SSSR count). The van der Waals surface area contributed by atoms with Gasteiger partial charge in [0.1, 0.15) is 0 Å². The predicted molar refractivity (Wildman–Crippen MR) is 80.1 cm³/mol. The minimum Gasteiger partial charge on any atom is -0.383 e. The Balaban J connectivity index is 4.29. The van der Waals surface area contributed by atoms with Crippen LogP contribution >= 0.6 is 0 Å². The zero-order valence-electron chi connectivity index (χ0n) is 13.4. The molecule has 0 saturated carbocycles. The molecule has 2 atom stereocenters.